The molecule has 136 valence electrons. The van der Waals surface area contributed by atoms with Crippen molar-refractivity contribution in [2.24, 2.45) is 0 Å². The highest BCUT2D eigenvalue weighted by atomic mass is 16.5. The monoisotopic (exact) mass is 355 g/mol. The Balaban J connectivity index is 1.64. The number of methoxy groups -OCH3 is 2. The van der Waals surface area contributed by atoms with Gasteiger partial charge in [-0.3, -0.25) is 4.79 Å². The third-order valence-corrected chi connectivity index (χ3v) is 3.98. The highest BCUT2D eigenvalue weighted by molar-refractivity contribution is 5.80. The molecule has 0 radical (unpaired) electrons. The molecular weight excluding hydrogens is 334 g/mol. The summed E-state index contributed by atoms with van der Waals surface area (Å²) in [6.45, 7) is 1.70. The van der Waals surface area contributed by atoms with Crippen molar-refractivity contribution < 1.29 is 23.4 Å². The zero-order chi connectivity index (χ0) is 18.5. The normalized spacial score (nSPS) is 11.8. The fourth-order valence-electron chi connectivity index (χ4n) is 2.67. The Kier molecular flexibility index (Phi) is 5.31. The molecule has 1 aromatic heterocycles. The second-order valence-electron chi connectivity index (χ2n) is 5.76. The molecule has 6 nitrogen and oxygen atoms in total. The van der Waals surface area contributed by atoms with Crippen LogP contribution < -0.4 is 19.5 Å². The lowest BCUT2D eigenvalue weighted by Crippen LogP contribution is -2.31. The summed E-state index contributed by atoms with van der Waals surface area (Å²) in [5.41, 5.74) is 0.790. The van der Waals surface area contributed by atoms with Crippen LogP contribution in [0.25, 0.3) is 11.0 Å². The predicted molar refractivity (Wildman–Crippen MR) is 97.8 cm³/mol. The largest absolute Gasteiger partial charge is 0.493 e. The number of para-hydroxylation sites is 2. The Labute approximate surface area is 151 Å². The average Bonchev–Trinajstić information content (AvgIpc) is 3.10. The minimum Gasteiger partial charge on any atom is -0.493 e. The molecule has 1 heterocycles. The van der Waals surface area contributed by atoms with Gasteiger partial charge < -0.3 is 23.9 Å². The lowest BCUT2D eigenvalue weighted by molar-refractivity contribution is -0.123. The molecule has 0 saturated carbocycles. The standard InChI is InChI=1S/C20H21NO5/c1-13(18-11-14-7-4-5-8-15(14)26-18)21-19(22)12-25-20-16(23-2)9-6-10-17(20)24-3/h4-11,13H,12H2,1-3H3,(H,21,22)/t13-/m0/s1. The van der Waals surface area contributed by atoms with E-state index in [0.717, 1.165) is 11.0 Å². The summed E-state index contributed by atoms with van der Waals surface area (Å²) in [4.78, 5) is 12.3. The maximum Gasteiger partial charge on any atom is 0.258 e. The van der Waals surface area contributed by atoms with Crippen LogP contribution in [0.3, 0.4) is 0 Å². The van der Waals surface area contributed by atoms with Gasteiger partial charge in [-0.2, -0.15) is 0 Å². The lowest BCUT2D eigenvalue weighted by Gasteiger charge is -2.15. The predicted octanol–water partition coefficient (Wildman–Crippen LogP) is 3.71. The Hall–Kier alpha value is -3.15. The zero-order valence-corrected chi connectivity index (χ0v) is 14.9. The van der Waals surface area contributed by atoms with Crippen molar-refractivity contribution in [2.45, 2.75) is 13.0 Å². The van der Waals surface area contributed by atoms with E-state index in [2.05, 4.69) is 5.32 Å². The van der Waals surface area contributed by atoms with Gasteiger partial charge in [-0.25, -0.2) is 0 Å². The third-order valence-electron chi connectivity index (χ3n) is 3.98. The summed E-state index contributed by atoms with van der Waals surface area (Å²) in [5, 5.41) is 3.86. The van der Waals surface area contributed by atoms with Crippen LogP contribution in [-0.4, -0.2) is 26.7 Å². The number of hydrogen-bond acceptors (Lipinski definition) is 5. The van der Waals surface area contributed by atoms with Gasteiger partial charge in [0.05, 0.1) is 20.3 Å². The van der Waals surface area contributed by atoms with Gasteiger partial charge in [-0.15, -0.1) is 0 Å². The molecular formula is C20H21NO5. The van der Waals surface area contributed by atoms with Crippen LogP contribution in [0, 0.1) is 0 Å². The molecule has 0 unspecified atom stereocenters. The molecule has 2 aromatic carbocycles. The highest BCUT2D eigenvalue weighted by Gasteiger charge is 2.17. The van der Waals surface area contributed by atoms with Crippen LogP contribution in [0.1, 0.15) is 18.7 Å². The first kappa shape index (κ1) is 17.7. The van der Waals surface area contributed by atoms with Crippen molar-refractivity contribution in [1.29, 1.82) is 0 Å². The van der Waals surface area contributed by atoms with Crippen molar-refractivity contribution >= 4 is 16.9 Å². The van der Waals surface area contributed by atoms with Gasteiger partial charge in [0, 0.05) is 5.39 Å². The fraction of sp³-hybridized carbons (Fsp3) is 0.250. The molecule has 6 heteroatoms. The molecule has 0 fully saturated rings. The lowest BCUT2D eigenvalue weighted by atomic mass is 10.2. The van der Waals surface area contributed by atoms with Gasteiger partial charge in [0.15, 0.2) is 18.1 Å². The SMILES string of the molecule is COc1cccc(OC)c1OCC(=O)N[C@@H](C)c1cc2ccccc2o1. The number of furan rings is 1. The quantitative estimate of drug-likeness (QED) is 0.700. The molecule has 0 bridgehead atoms. The van der Waals surface area contributed by atoms with E-state index in [-0.39, 0.29) is 18.6 Å². The van der Waals surface area contributed by atoms with Gasteiger partial charge in [-0.05, 0) is 31.2 Å². The van der Waals surface area contributed by atoms with Crippen molar-refractivity contribution in [3.63, 3.8) is 0 Å². The molecule has 1 atom stereocenters. The summed E-state index contributed by atoms with van der Waals surface area (Å²) in [6.07, 6.45) is 0. The van der Waals surface area contributed by atoms with E-state index in [1.54, 1.807) is 18.2 Å². The van der Waals surface area contributed by atoms with E-state index in [0.29, 0.717) is 23.0 Å². The maximum absolute atomic E-state index is 12.3. The Morgan fingerprint density at radius 1 is 1.08 bits per heavy atom. The van der Waals surface area contributed by atoms with Crippen molar-refractivity contribution in [1.82, 2.24) is 5.32 Å². The van der Waals surface area contributed by atoms with Gasteiger partial charge in [0.1, 0.15) is 11.3 Å². The molecule has 0 aliphatic rings. The topological polar surface area (TPSA) is 69.9 Å². The summed E-state index contributed by atoms with van der Waals surface area (Å²) in [7, 11) is 3.07. The second kappa shape index (κ2) is 7.82. The van der Waals surface area contributed by atoms with E-state index < -0.39 is 0 Å². The van der Waals surface area contributed by atoms with Crippen LogP contribution in [0.2, 0.25) is 0 Å². The Bertz CT molecular complexity index is 847. The molecule has 3 rings (SSSR count). The summed E-state index contributed by atoms with van der Waals surface area (Å²) in [5.74, 6) is 1.81. The molecule has 0 saturated heterocycles. The number of carbonyl (C=O) groups is 1. The molecule has 3 aromatic rings. The van der Waals surface area contributed by atoms with E-state index in [1.165, 1.54) is 14.2 Å². The van der Waals surface area contributed by atoms with Gasteiger partial charge in [0.2, 0.25) is 5.75 Å². The zero-order valence-electron chi connectivity index (χ0n) is 14.9. The average molecular weight is 355 g/mol. The van der Waals surface area contributed by atoms with E-state index in [9.17, 15) is 4.79 Å². The van der Waals surface area contributed by atoms with Crippen LogP contribution in [0.5, 0.6) is 17.2 Å². The number of rotatable bonds is 7. The van der Waals surface area contributed by atoms with Crippen LogP contribution in [-0.2, 0) is 4.79 Å². The molecule has 0 aliphatic heterocycles. The smallest absolute Gasteiger partial charge is 0.258 e. The fourth-order valence-corrected chi connectivity index (χ4v) is 2.67. The second-order valence-corrected chi connectivity index (χ2v) is 5.76. The van der Waals surface area contributed by atoms with Crippen molar-refractivity contribution in [2.75, 3.05) is 20.8 Å². The molecule has 26 heavy (non-hydrogen) atoms. The van der Waals surface area contributed by atoms with Crippen LogP contribution in [0.15, 0.2) is 52.9 Å². The number of carbonyl (C=O) groups excluding carboxylic acids is 1. The van der Waals surface area contributed by atoms with Crippen molar-refractivity contribution in [3.05, 3.63) is 54.3 Å². The molecule has 0 aliphatic carbocycles. The number of ether oxygens (including phenoxy) is 3. The van der Waals surface area contributed by atoms with Crippen molar-refractivity contribution in [3.8, 4) is 17.2 Å². The maximum atomic E-state index is 12.3. The first-order valence-corrected chi connectivity index (χ1v) is 8.24. The number of nitrogens with one attached hydrogen (secondary N) is 1. The number of hydrogen-bond donors (Lipinski definition) is 1. The van der Waals surface area contributed by atoms with Gasteiger partial charge in [0.25, 0.3) is 5.91 Å². The molecule has 1 N–H and O–H groups in total. The first-order chi connectivity index (χ1) is 12.6. The molecule has 1 amide bonds. The van der Waals surface area contributed by atoms with E-state index in [1.807, 2.05) is 37.3 Å². The number of benzene rings is 2. The summed E-state index contributed by atoms with van der Waals surface area (Å²) < 4.78 is 21.9. The Morgan fingerprint density at radius 2 is 1.77 bits per heavy atom. The number of amides is 1. The first-order valence-electron chi connectivity index (χ1n) is 8.24. The number of fused-ring (bicyclic) bond motifs is 1. The van der Waals surface area contributed by atoms with Crippen LogP contribution in [0.4, 0.5) is 0 Å². The Morgan fingerprint density at radius 3 is 2.42 bits per heavy atom. The molecule has 0 spiro atoms. The van der Waals surface area contributed by atoms with E-state index in [4.69, 9.17) is 18.6 Å². The third kappa shape index (κ3) is 3.74. The summed E-state index contributed by atoms with van der Waals surface area (Å²) >= 11 is 0. The van der Waals surface area contributed by atoms with E-state index >= 15 is 0 Å². The summed E-state index contributed by atoms with van der Waals surface area (Å²) in [6, 6.07) is 14.6. The van der Waals surface area contributed by atoms with Gasteiger partial charge in [-0.1, -0.05) is 24.3 Å². The highest BCUT2D eigenvalue weighted by Crippen LogP contribution is 2.36. The minimum atomic E-state index is -0.280. The van der Waals surface area contributed by atoms with Crippen LogP contribution >= 0.6 is 0 Å². The van der Waals surface area contributed by atoms with Gasteiger partial charge >= 0.3 is 0 Å². The minimum absolute atomic E-state index is 0.165.